The number of carbonyl (C=O) groups is 2. The van der Waals surface area contributed by atoms with Gasteiger partial charge in [0, 0.05) is 18.7 Å². The minimum absolute atomic E-state index is 0.0427. The van der Waals surface area contributed by atoms with Crippen LogP contribution in [0.2, 0.25) is 5.02 Å². The second-order valence-electron chi connectivity index (χ2n) is 3.67. The van der Waals surface area contributed by atoms with Crippen molar-refractivity contribution in [1.82, 2.24) is 5.32 Å². The van der Waals surface area contributed by atoms with Crippen LogP contribution in [0.3, 0.4) is 0 Å². The monoisotopic (exact) mass is 256 g/mol. The second kappa shape index (κ2) is 4.71. The number of benzene rings is 1. The minimum atomic E-state index is -0.535. The summed E-state index contributed by atoms with van der Waals surface area (Å²) < 4.78 is 13.0. The van der Waals surface area contributed by atoms with Gasteiger partial charge < -0.3 is 10.2 Å². The summed E-state index contributed by atoms with van der Waals surface area (Å²) >= 11 is 5.65. The van der Waals surface area contributed by atoms with E-state index in [1.54, 1.807) is 0 Å². The number of amides is 2. The Morgan fingerprint density at radius 2 is 2.12 bits per heavy atom. The third-order valence-corrected chi connectivity index (χ3v) is 2.80. The maximum atomic E-state index is 13.0. The number of nitrogens with zero attached hydrogens (tertiary/aromatic N) is 1. The molecule has 0 aromatic heterocycles. The van der Waals surface area contributed by atoms with Crippen LogP contribution < -0.4 is 10.2 Å². The van der Waals surface area contributed by atoms with Crippen LogP contribution in [0.1, 0.15) is 6.42 Å². The average Bonchev–Trinajstić information content (AvgIpc) is 2.46. The summed E-state index contributed by atoms with van der Waals surface area (Å²) in [7, 11) is 0. The van der Waals surface area contributed by atoms with E-state index in [0.717, 1.165) is 0 Å². The van der Waals surface area contributed by atoms with E-state index < -0.39 is 5.82 Å². The van der Waals surface area contributed by atoms with Crippen LogP contribution >= 0.6 is 11.6 Å². The van der Waals surface area contributed by atoms with E-state index in [0.29, 0.717) is 5.69 Å². The summed E-state index contributed by atoms with van der Waals surface area (Å²) in [5.74, 6) is -0.945. The van der Waals surface area contributed by atoms with E-state index in [4.69, 9.17) is 11.6 Å². The summed E-state index contributed by atoms with van der Waals surface area (Å²) in [5.41, 5.74) is 0.498. The fourth-order valence-electron chi connectivity index (χ4n) is 1.62. The molecule has 0 spiro atoms. The number of halogens is 2. The van der Waals surface area contributed by atoms with Gasteiger partial charge in [-0.2, -0.15) is 0 Å². The topological polar surface area (TPSA) is 49.4 Å². The van der Waals surface area contributed by atoms with Gasteiger partial charge >= 0.3 is 0 Å². The molecule has 1 N–H and O–H groups in total. The van der Waals surface area contributed by atoms with Crippen LogP contribution in [0.25, 0.3) is 0 Å². The van der Waals surface area contributed by atoms with Crippen molar-refractivity contribution in [2.75, 3.05) is 18.0 Å². The first kappa shape index (κ1) is 11.9. The highest BCUT2D eigenvalue weighted by molar-refractivity contribution is 6.31. The number of hydrogen-bond donors (Lipinski definition) is 1. The average molecular weight is 257 g/mol. The van der Waals surface area contributed by atoms with Gasteiger partial charge in [0.2, 0.25) is 11.8 Å². The molecular weight excluding hydrogens is 247 g/mol. The van der Waals surface area contributed by atoms with Gasteiger partial charge in [0.15, 0.2) is 0 Å². The zero-order valence-electron chi connectivity index (χ0n) is 8.87. The molecule has 2 amide bonds. The van der Waals surface area contributed by atoms with E-state index in [2.05, 4.69) is 5.32 Å². The van der Waals surface area contributed by atoms with Gasteiger partial charge in [-0.15, -0.1) is 0 Å². The van der Waals surface area contributed by atoms with Crippen LogP contribution in [0.5, 0.6) is 0 Å². The Hall–Kier alpha value is -1.62. The lowest BCUT2D eigenvalue weighted by atomic mass is 10.2. The van der Waals surface area contributed by atoms with E-state index >= 15 is 0 Å². The molecule has 0 radical (unpaired) electrons. The van der Waals surface area contributed by atoms with Crippen molar-refractivity contribution in [2.45, 2.75) is 6.42 Å². The molecule has 17 heavy (non-hydrogen) atoms. The van der Waals surface area contributed by atoms with Crippen molar-refractivity contribution in [3.8, 4) is 0 Å². The van der Waals surface area contributed by atoms with E-state index in [1.807, 2.05) is 0 Å². The van der Waals surface area contributed by atoms with E-state index in [1.165, 1.54) is 23.1 Å². The lowest BCUT2D eigenvalue weighted by molar-refractivity contribution is -0.123. The third kappa shape index (κ3) is 2.55. The highest BCUT2D eigenvalue weighted by Gasteiger charge is 2.21. The first-order valence-corrected chi connectivity index (χ1v) is 5.48. The van der Waals surface area contributed by atoms with Crippen molar-refractivity contribution in [1.29, 1.82) is 0 Å². The molecular formula is C11H10ClFN2O2. The van der Waals surface area contributed by atoms with Crippen LogP contribution in [-0.4, -0.2) is 24.9 Å². The fourth-order valence-corrected chi connectivity index (χ4v) is 1.80. The molecule has 1 aromatic rings. The first-order chi connectivity index (χ1) is 8.08. The Morgan fingerprint density at radius 3 is 2.82 bits per heavy atom. The van der Waals surface area contributed by atoms with Crippen LogP contribution in [0.4, 0.5) is 10.1 Å². The van der Waals surface area contributed by atoms with Gasteiger partial charge in [-0.25, -0.2) is 4.39 Å². The lowest BCUT2D eigenvalue weighted by Crippen LogP contribution is -2.35. The zero-order valence-corrected chi connectivity index (χ0v) is 9.63. The van der Waals surface area contributed by atoms with Crippen molar-refractivity contribution in [3.05, 3.63) is 29.0 Å². The van der Waals surface area contributed by atoms with Crippen molar-refractivity contribution in [2.24, 2.45) is 0 Å². The second-order valence-corrected chi connectivity index (χ2v) is 4.08. The highest BCUT2D eigenvalue weighted by Crippen LogP contribution is 2.23. The van der Waals surface area contributed by atoms with Gasteiger partial charge in [-0.05, 0) is 18.2 Å². The van der Waals surface area contributed by atoms with Crippen LogP contribution in [0, 0.1) is 5.82 Å². The largest absolute Gasteiger partial charge is 0.347 e. The molecule has 0 bridgehead atoms. The van der Waals surface area contributed by atoms with Crippen LogP contribution in [0.15, 0.2) is 18.2 Å². The van der Waals surface area contributed by atoms with Crippen molar-refractivity contribution >= 4 is 29.1 Å². The summed E-state index contributed by atoms with van der Waals surface area (Å²) in [6.45, 7) is 0.223. The molecule has 1 heterocycles. The quantitative estimate of drug-likeness (QED) is 0.824. The molecule has 2 rings (SSSR count). The molecule has 6 heteroatoms. The van der Waals surface area contributed by atoms with Crippen LogP contribution in [-0.2, 0) is 9.59 Å². The maximum absolute atomic E-state index is 13.0. The highest BCUT2D eigenvalue weighted by atomic mass is 35.5. The molecule has 0 aliphatic carbocycles. The Morgan fingerprint density at radius 1 is 1.35 bits per heavy atom. The number of anilines is 1. The number of rotatable bonds is 1. The van der Waals surface area contributed by atoms with Gasteiger partial charge in [0.1, 0.15) is 5.82 Å². The Kier molecular flexibility index (Phi) is 3.28. The zero-order chi connectivity index (χ0) is 12.4. The predicted octanol–water partition coefficient (Wildman–Crippen LogP) is 1.33. The molecule has 0 saturated carbocycles. The van der Waals surface area contributed by atoms with Gasteiger partial charge in [-0.1, -0.05) is 11.6 Å². The maximum Gasteiger partial charge on any atom is 0.246 e. The Bertz CT molecular complexity index is 479. The van der Waals surface area contributed by atoms with Gasteiger partial charge in [-0.3, -0.25) is 9.59 Å². The number of hydrogen-bond acceptors (Lipinski definition) is 2. The molecule has 90 valence electrons. The number of carbonyl (C=O) groups excluding carboxylic acids is 2. The molecule has 1 saturated heterocycles. The molecule has 4 nitrogen and oxygen atoms in total. The summed E-state index contributed by atoms with van der Waals surface area (Å²) in [4.78, 5) is 24.3. The van der Waals surface area contributed by atoms with Crippen molar-refractivity contribution in [3.63, 3.8) is 0 Å². The fraction of sp³-hybridized carbons (Fsp3) is 0.273. The van der Waals surface area contributed by atoms with E-state index in [9.17, 15) is 14.0 Å². The Labute approximate surface area is 102 Å². The van der Waals surface area contributed by atoms with Gasteiger partial charge in [0.05, 0.1) is 11.6 Å². The van der Waals surface area contributed by atoms with Crippen molar-refractivity contribution < 1.29 is 14.0 Å². The third-order valence-electron chi connectivity index (χ3n) is 2.52. The summed E-state index contributed by atoms with van der Waals surface area (Å²) in [6, 6.07) is 4.05. The standard InChI is InChI=1S/C11H10ClFN2O2/c12-8-5-7(1-2-9(8)13)15-4-3-10(16)14-6-11(15)17/h1-2,5H,3-4,6H2,(H,14,16). The molecule has 1 aliphatic heterocycles. The molecule has 1 aromatic carbocycles. The Balaban J connectivity index is 2.28. The molecule has 1 fully saturated rings. The summed E-state index contributed by atoms with van der Waals surface area (Å²) in [5, 5.41) is 2.44. The lowest BCUT2D eigenvalue weighted by Gasteiger charge is -2.20. The first-order valence-electron chi connectivity index (χ1n) is 5.10. The SMILES string of the molecule is O=C1CCN(c2ccc(F)c(Cl)c2)C(=O)CN1. The smallest absolute Gasteiger partial charge is 0.246 e. The molecule has 0 atom stereocenters. The van der Waals surface area contributed by atoms with Gasteiger partial charge in [0.25, 0.3) is 0 Å². The summed E-state index contributed by atoms with van der Waals surface area (Å²) in [6.07, 6.45) is 0.223. The normalized spacial score (nSPS) is 16.7. The predicted molar refractivity (Wildman–Crippen MR) is 61.4 cm³/mol. The minimum Gasteiger partial charge on any atom is -0.347 e. The molecule has 1 aliphatic rings. The van der Waals surface area contributed by atoms with E-state index in [-0.39, 0.29) is 36.3 Å². The molecule has 0 unspecified atom stereocenters. The number of nitrogens with one attached hydrogen (secondary N) is 1.